The normalized spacial score (nSPS) is 10.6. The van der Waals surface area contributed by atoms with E-state index in [4.69, 9.17) is 4.74 Å². The minimum atomic E-state index is 0.00705. The summed E-state index contributed by atoms with van der Waals surface area (Å²) in [6, 6.07) is 19.8. The standard InChI is InChI=1S/C20H19NO2/c1-21(2)20(22)19-17-7-5-4-6-14(17)10-13-18(19)15-8-11-16(23-3)12-9-15/h4-13H,1-3H3. The van der Waals surface area contributed by atoms with Crippen molar-refractivity contribution in [2.75, 3.05) is 21.2 Å². The Hall–Kier alpha value is -2.81. The molecule has 0 radical (unpaired) electrons. The Kier molecular flexibility index (Phi) is 4.02. The molecule has 0 heterocycles. The number of carbonyl (C=O) groups is 1. The second kappa shape index (κ2) is 6.13. The van der Waals surface area contributed by atoms with E-state index in [0.29, 0.717) is 0 Å². The summed E-state index contributed by atoms with van der Waals surface area (Å²) in [5.41, 5.74) is 2.67. The minimum absolute atomic E-state index is 0.00705. The van der Waals surface area contributed by atoms with Crippen LogP contribution in [0, 0.1) is 0 Å². The Morgan fingerprint density at radius 1 is 0.913 bits per heavy atom. The van der Waals surface area contributed by atoms with Crippen LogP contribution in [0.15, 0.2) is 60.7 Å². The highest BCUT2D eigenvalue weighted by atomic mass is 16.5. The van der Waals surface area contributed by atoms with Gasteiger partial charge in [-0.25, -0.2) is 0 Å². The lowest BCUT2D eigenvalue weighted by Gasteiger charge is -2.17. The molecule has 0 aliphatic heterocycles. The van der Waals surface area contributed by atoms with Crippen molar-refractivity contribution in [1.82, 2.24) is 4.90 Å². The number of rotatable bonds is 3. The van der Waals surface area contributed by atoms with E-state index in [2.05, 4.69) is 6.07 Å². The maximum Gasteiger partial charge on any atom is 0.254 e. The van der Waals surface area contributed by atoms with Crippen molar-refractivity contribution in [3.8, 4) is 16.9 Å². The van der Waals surface area contributed by atoms with Gasteiger partial charge < -0.3 is 9.64 Å². The molecule has 0 aromatic heterocycles. The summed E-state index contributed by atoms with van der Waals surface area (Å²) in [6.45, 7) is 0. The summed E-state index contributed by atoms with van der Waals surface area (Å²) < 4.78 is 5.22. The van der Waals surface area contributed by atoms with Gasteiger partial charge >= 0.3 is 0 Å². The first kappa shape index (κ1) is 15.1. The maximum atomic E-state index is 12.8. The Morgan fingerprint density at radius 2 is 1.61 bits per heavy atom. The number of benzene rings is 3. The van der Waals surface area contributed by atoms with Crippen molar-refractivity contribution in [1.29, 1.82) is 0 Å². The van der Waals surface area contributed by atoms with Crippen LogP contribution in [0.4, 0.5) is 0 Å². The lowest BCUT2D eigenvalue weighted by molar-refractivity contribution is 0.0830. The molecule has 116 valence electrons. The third-order valence-electron chi connectivity index (χ3n) is 3.95. The second-order valence-electron chi connectivity index (χ2n) is 5.64. The monoisotopic (exact) mass is 305 g/mol. The molecule has 3 nitrogen and oxygen atoms in total. The van der Waals surface area contributed by atoms with Gasteiger partial charge in [-0.1, -0.05) is 48.5 Å². The van der Waals surface area contributed by atoms with Crippen LogP contribution in [-0.2, 0) is 0 Å². The van der Waals surface area contributed by atoms with Gasteiger partial charge in [0, 0.05) is 14.1 Å². The topological polar surface area (TPSA) is 29.5 Å². The van der Waals surface area contributed by atoms with E-state index in [1.807, 2.05) is 54.6 Å². The Balaban J connectivity index is 2.26. The van der Waals surface area contributed by atoms with Crippen LogP contribution in [0.5, 0.6) is 5.75 Å². The first-order chi connectivity index (χ1) is 11.1. The quantitative estimate of drug-likeness (QED) is 0.725. The Bertz CT molecular complexity index is 851. The van der Waals surface area contributed by atoms with Gasteiger partial charge in [-0.05, 0) is 34.0 Å². The van der Waals surface area contributed by atoms with Crippen LogP contribution >= 0.6 is 0 Å². The number of methoxy groups -OCH3 is 1. The first-order valence-corrected chi connectivity index (χ1v) is 7.49. The van der Waals surface area contributed by atoms with E-state index in [9.17, 15) is 4.79 Å². The smallest absolute Gasteiger partial charge is 0.254 e. The lowest BCUT2D eigenvalue weighted by Crippen LogP contribution is -2.22. The number of nitrogens with zero attached hydrogens (tertiary/aromatic N) is 1. The SMILES string of the molecule is COc1ccc(-c2ccc3ccccc3c2C(=O)N(C)C)cc1. The van der Waals surface area contributed by atoms with E-state index in [-0.39, 0.29) is 5.91 Å². The maximum absolute atomic E-state index is 12.8. The van der Waals surface area contributed by atoms with Crippen molar-refractivity contribution >= 4 is 16.7 Å². The molecule has 0 fully saturated rings. The molecule has 0 spiro atoms. The zero-order valence-corrected chi connectivity index (χ0v) is 13.5. The zero-order chi connectivity index (χ0) is 16.4. The van der Waals surface area contributed by atoms with Gasteiger partial charge in [0.15, 0.2) is 0 Å². The number of ether oxygens (including phenoxy) is 1. The summed E-state index contributed by atoms with van der Waals surface area (Å²) in [6.07, 6.45) is 0. The highest BCUT2D eigenvalue weighted by molar-refractivity contribution is 6.12. The average molecular weight is 305 g/mol. The molecule has 0 atom stereocenters. The van der Waals surface area contributed by atoms with E-state index >= 15 is 0 Å². The largest absolute Gasteiger partial charge is 0.497 e. The Labute approximate surface area is 136 Å². The molecule has 1 amide bonds. The van der Waals surface area contributed by atoms with Gasteiger partial charge in [0.2, 0.25) is 0 Å². The van der Waals surface area contributed by atoms with Gasteiger partial charge in [-0.3, -0.25) is 4.79 Å². The number of hydrogen-bond acceptors (Lipinski definition) is 2. The summed E-state index contributed by atoms with van der Waals surface area (Å²) >= 11 is 0. The van der Waals surface area contributed by atoms with Gasteiger partial charge in [0.05, 0.1) is 12.7 Å². The molecule has 0 aliphatic rings. The molecular formula is C20H19NO2. The number of carbonyl (C=O) groups excluding carboxylic acids is 1. The summed E-state index contributed by atoms with van der Waals surface area (Å²) in [7, 11) is 5.20. The number of amides is 1. The predicted octanol–water partition coefficient (Wildman–Crippen LogP) is 4.22. The predicted molar refractivity (Wildman–Crippen MR) is 94.0 cm³/mol. The number of fused-ring (bicyclic) bond motifs is 1. The summed E-state index contributed by atoms with van der Waals surface area (Å²) in [4.78, 5) is 14.4. The average Bonchev–Trinajstić information content (AvgIpc) is 2.60. The second-order valence-corrected chi connectivity index (χ2v) is 5.64. The van der Waals surface area contributed by atoms with Gasteiger partial charge in [-0.15, -0.1) is 0 Å². The van der Waals surface area contributed by atoms with E-state index in [1.54, 1.807) is 26.1 Å². The fraction of sp³-hybridized carbons (Fsp3) is 0.150. The van der Waals surface area contributed by atoms with E-state index in [1.165, 1.54) is 0 Å². The fourth-order valence-corrected chi connectivity index (χ4v) is 2.74. The molecule has 0 saturated heterocycles. The third kappa shape index (κ3) is 2.78. The van der Waals surface area contributed by atoms with Crippen molar-refractivity contribution in [2.24, 2.45) is 0 Å². The highest BCUT2D eigenvalue weighted by Crippen LogP contribution is 2.32. The van der Waals surface area contributed by atoms with Crippen molar-refractivity contribution in [3.63, 3.8) is 0 Å². The molecular weight excluding hydrogens is 286 g/mol. The highest BCUT2D eigenvalue weighted by Gasteiger charge is 2.18. The molecule has 3 rings (SSSR count). The zero-order valence-electron chi connectivity index (χ0n) is 13.5. The molecule has 3 aromatic rings. The summed E-state index contributed by atoms with van der Waals surface area (Å²) in [5.74, 6) is 0.808. The minimum Gasteiger partial charge on any atom is -0.497 e. The molecule has 3 heteroatoms. The molecule has 3 aromatic carbocycles. The lowest BCUT2D eigenvalue weighted by atomic mass is 9.93. The molecule has 0 N–H and O–H groups in total. The van der Waals surface area contributed by atoms with Gasteiger partial charge in [0.1, 0.15) is 5.75 Å². The van der Waals surface area contributed by atoms with Crippen LogP contribution < -0.4 is 4.74 Å². The van der Waals surface area contributed by atoms with Crippen molar-refractivity contribution in [3.05, 3.63) is 66.2 Å². The van der Waals surface area contributed by atoms with Crippen LogP contribution in [0.1, 0.15) is 10.4 Å². The molecule has 23 heavy (non-hydrogen) atoms. The molecule has 0 aliphatic carbocycles. The van der Waals surface area contributed by atoms with Crippen LogP contribution in [0.25, 0.3) is 21.9 Å². The van der Waals surface area contributed by atoms with Crippen LogP contribution in [-0.4, -0.2) is 32.0 Å². The molecule has 0 unspecified atom stereocenters. The third-order valence-corrected chi connectivity index (χ3v) is 3.95. The van der Waals surface area contributed by atoms with Crippen LogP contribution in [0.3, 0.4) is 0 Å². The van der Waals surface area contributed by atoms with E-state index < -0.39 is 0 Å². The van der Waals surface area contributed by atoms with Gasteiger partial charge in [0.25, 0.3) is 5.91 Å². The van der Waals surface area contributed by atoms with Crippen molar-refractivity contribution in [2.45, 2.75) is 0 Å². The Morgan fingerprint density at radius 3 is 2.26 bits per heavy atom. The number of hydrogen-bond donors (Lipinski definition) is 0. The van der Waals surface area contributed by atoms with Crippen LogP contribution in [0.2, 0.25) is 0 Å². The molecule has 0 bridgehead atoms. The van der Waals surface area contributed by atoms with Gasteiger partial charge in [-0.2, -0.15) is 0 Å². The van der Waals surface area contributed by atoms with Crippen molar-refractivity contribution < 1.29 is 9.53 Å². The summed E-state index contributed by atoms with van der Waals surface area (Å²) in [5, 5.41) is 2.04. The molecule has 0 saturated carbocycles. The van der Waals surface area contributed by atoms with E-state index in [0.717, 1.165) is 33.2 Å². The fourth-order valence-electron chi connectivity index (χ4n) is 2.74. The first-order valence-electron chi connectivity index (χ1n) is 7.49.